The lowest BCUT2D eigenvalue weighted by Crippen LogP contribution is -2.42. The Hall–Kier alpha value is -2.45. The molecule has 0 bridgehead atoms. The van der Waals surface area contributed by atoms with Crippen LogP contribution in [0.25, 0.3) is 0 Å². The highest BCUT2D eigenvalue weighted by molar-refractivity contribution is 7.13. The fourth-order valence-corrected chi connectivity index (χ4v) is 3.14. The van der Waals surface area contributed by atoms with Gasteiger partial charge in [0, 0.05) is 11.4 Å². The number of anilines is 1. The average Bonchev–Trinajstić information content (AvgIpc) is 2.98. The van der Waals surface area contributed by atoms with E-state index in [1.165, 1.54) is 4.90 Å². The standard InChI is InChI=1S/C17H18ClN3O4S/c1-10(2)21(16(25)12-5-3-4-6-13(12)18)8-14(22)20-17-19-11(9-26-17)7-15(23)24/h3-6,9-10H,7-8H2,1-2H3,(H,23,24)(H,19,20,22). The maximum atomic E-state index is 12.7. The molecule has 0 radical (unpaired) electrons. The Kier molecular flexibility index (Phi) is 6.70. The summed E-state index contributed by atoms with van der Waals surface area (Å²) in [7, 11) is 0. The normalized spacial score (nSPS) is 10.6. The van der Waals surface area contributed by atoms with Gasteiger partial charge in [0.25, 0.3) is 5.91 Å². The molecule has 0 aliphatic carbocycles. The molecule has 26 heavy (non-hydrogen) atoms. The van der Waals surface area contributed by atoms with Crippen molar-refractivity contribution < 1.29 is 19.5 Å². The van der Waals surface area contributed by atoms with Crippen molar-refractivity contribution in [2.45, 2.75) is 26.3 Å². The van der Waals surface area contributed by atoms with E-state index in [1.807, 2.05) is 0 Å². The maximum Gasteiger partial charge on any atom is 0.309 e. The van der Waals surface area contributed by atoms with Gasteiger partial charge in [0.15, 0.2) is 5.13 Å². The first-order chi connectivity index (χ1) is 12.3. The summed E-state index contributed by atoms with van der Waals surface area (Å²) in [5.74, 6) is -1.76. The molecule has 0 unspecified atom stereocenters. The summed E-state index contributed by atoms with van der Waals surface area (Å²) in [6.07, 6.45) is -0.213. The highest BCUT2D eigenvalue weighted by Gasteiger charge is 2.23. The van der Waals surface area contributed by atoms with Crippen LogP contribution in [-0.4, -0.2) is 45.4 Å². The van der Waals surface area contributed by atoms with Gasteiger partial charge in [-0.05, 0) is 26.0 Å². The number of halogens is 1. The minimum absolute atomic E-state index is 0.171. The first kappa shape index (κ1) is 19.9. The van der Waals surface area contributed by atoms with E-state index in [0.29, 0.717) is 21.4 Å². The van der Waals surface area contributed by atoms with E-state index in [4.69, 9.17) is 16.7 Å². The molecule has 0 saturated carbocycles. The van der Waals surface area contributed by atoms with Gasteiger partial charge in [0.1, 0.15) is 6.54 Å². The minimum atomic E-state index is -0.996. The van der Waals surface area contributed by atoms with Gasteiger partial charge in [-0.25, -0.2) is 4.98 Å². The van der Waals surface area contributed by atoms with Crippen molar-refractivity contribution >= 4 is 45.9 Å². The van der Waals surface area contributed by atoms with Gasteiger partial charge in [-0.15, -0.1) is 11.3 Å². The summed E-state index contributed by atoms with van der Waals surface area (Å²) < 4.78 is 0. The molecule has 9 heteroatoms. The third-order valence-electron chi connectivity index (χ3n) is 3.43. The topological polar surface area (TPSA) is 99.6 Å². The summed E-state index contributed by atoms with van der Waals surface area (Å²) >= 11 is 7.21. The van der Waals surface area contributed by atoms with Crippen molar-refractivity contribution in [1.82, 2.24) is 9.88 Å². The van der Waals surface area contributed by atoms with Crippen LogP contribution in [0.5, 0.6) is 0 Å². The quantitative estimate of drug-likeness (QED) is 0.750. The predicted octanol–water partition coefficient (Wildman–Crippen LogP) is 2.91. The molecule has 0 saturated heterocycles. The molecule has 1 heterocycles. The second kappa shape index (κ2) is 8.77. The minimum Gasteiger partial charge on any atom is -0.481 e. The number of benzene rings is 1. The van der Waals surface area contributed by atoms with Crippen molar-refractivity contribution in [2.75, 3.05) is 11.9 Å². The number of rotatable bonds is 7. The smallest absolute Gasteiger partial charge is 0.309 e. The third kappa shape index (κ3) is 5.27. The number of aliphatic carboxylic acids is 1. The van der Waals surface area contributed by atoms with Gasteiger partial charge < -0.3 is 15.3 Å². The lowest BCUT2D eigenvalue weighted by Gasteiger charge is -2.26. The van der Waals surface area contributed by atoms with E-state index in [-0.39, 0.29) is 24.9 Å². The van der Waals surface area contributed by atoms with Gasteiger partial charge in [-0.1, -0.05) is 23.7 Å². The van der Waals surface area contributed by atoms with Gasteiger partial charge in [-0.3, -0.25) is 14.4 Å². The lowest BCUT2D eigenvalue weighted by atomic mass is 10.1. The number of carbonyl (C=O) groups is 3. The summed E-state index contributed by atoms with van der Waals surface area (Å²) in [5.41, 5.74) is 0.694. The first-order valence-electron chi connectivity index (χ1n) is 7.79. The Morgan fingerprint density at radius 2 is 2.00 bits per heavy atom. The number of nitrogens with one attached hydrogen (secondary N) is 1. The molecule has 2 rings (SSSR count). The Morgan fingerprint density at radius 3 is 2.62 bits per heavy atom. The molecular weight excluding hydrogens is 378 g/mol. The molecule has 2 N–H and O–H groups in total. The lowest BCUT2D eigenvalue weighted by molar-refractivity contribution is -0.136. The number of carboxylic acids is 1. The Morgan fingerprint density at radius 1 is 1.31 bits per heavy atom. The van der Waals surface area contributed by atoms with Crippen LogP contribution in [0.1, 0.15) is 29.9 Å². The highest BCUT2D eigenvalue weighted by Crippen LogP contribution is 2.19. The molecule has 2 amide bonds. The summed E-state index contributed by atoms with van der Waals surface area (Å²) in [6.45, 7) is 3.43. The van der Waals surface area contributed by atoms with E-state index in [9.17, 15) is 14.4 Å². The molecule has 0 aliphatic heterocycles. The molecule has 0 aliphatic rings. The van der Waals surface area contributed by atoms with Crippen molar-refractivity contribution in [3.8, 4) is 0 Å². The highest BCUT2D eigenvalue weighted by atomic mass is 35.5. The molecular formula is C17H18ClN3O4S. The van der Waals surface area contributed by atoms with E-state index < -0.39 is 11.9 Å². The maximum absolute atomic E-state index is 12.7. The van der Waals surface area contributed by atoms with Crippen molar-refractivity contribution in [2.24, 2.45) is 0 Å². The SMILES string of the molecule is CC(C)N(CC(=O)Nc1nc(CC(=O)O)cs1)C(=O)c1ccccc1Cl. The summed E-state index contributed by atoms with van der Waals surface area (Å²) in [6, 6.07) is 6.44. The van der Waals surface area contributed by atoms with Gasteiger partial charge in [0.05, 0.1) is 22.7 Å². The monoisotopic (exact) mass is 395 g/mol. The number of hydrogen-bond acceptors (Lipinski definition) is 5. The van der Waals surface area contributed by atoms with Gasteiger partial charge in [0.2, 0.25) is 5.91 Å². The Labute approximate surface area is 159 Å². The number of carboxylic acid groups (broad SMARTS) is 1. The molecule has 138 valence electrons. The second-order valence-electron chi connectivity index (χ2n) is 5.77. The Bertz CT molecular complexity index is 822. The molecule has 0 spiro atoms. The van der Waals surface area contributed by atoms with Crippen molar-refractivity contribution in [1.29, 1.82) is 0 Å². The molecule has 1 aromatic heterocycles. The van der Waals surface area contributed by atoms with Crippen LogP contribution >= 0.6 is 22.9 Å². The average molecular weight is 396 g/mol. The van der Waals surface area contributed by atoms with E-state index in [2.05, 4.69) is 10.3 Å². The largest absolute Gasteiger partial charge is 0.481 e. The number of carbonyl (C=O) groups excluding carboxylic acids is 2. The summed E-state index contributed by atoms with van der Waals surface area (Å²) in [5, 5.41) is 13.5. The molecule has 2 aromatic rings. The van der Waals surface area contributed by atoms with Crippen LogP contribution < -0.4 is 5.32 Å². The van der Waals surface area contributed by atoms with E-state index in [0.717, 1.165) is 11.3 Å². The fraction of sp³-hybridized carbons (Fsp3) is 0.294. The van der Waals surface area contributed by atoms with Crippen LogP contribution in [0, 0.1) is 0 Å². The zero-order valence-corrected chi connectivity index (χ0v) is 15.8. The number of hydrogen-bond donors (Lipinski definition) is 2. The Balaban J connectivity index is 2.06. The number of amides is 2. The second-order valence-corrected chi connectivity index (χ2v) is 7.03. The molecule has 0 fully saturated rings. The third-order valence-corrected chi connectivity index (χ3v) is 4.57. The summed E-state index contributed by atoms with van der Waals surface area (Å²) in [4.78, 5) is 41.1. The van der Waals surface area contributed by atoms with E-state index in [1.54, 1.807) is 43.5 Å². The zero-order valence-electron chi connectivity index (χ0n) is 14.2. The van der Waals surface area contributed by atoms with Crippen LogP contribution in [0.4, 0.5) is 5.13 Å². The van der Waals surface area contributed by atoms with Gasteiger partial charge in [-0.2, -0.15) is 0 Å². The fourth-order valence-electron chi connectivity index (χ4n) is 2.19. The van der Waals surface area contributed by atoms with Crippen LogP contribution in [-0.2, 0) is 16.0 Å². The molecule has 0 atom stereocenters. The predicted molar refractivity (Wildman–Crippen MR) is 99.7 cm³/mol. The van der Waals surface area contributed by atoms with Crippen molar-refractivity contribution in [3.05, 3.63) is 45.9 Å². The number of nitrogens with zero attached hydrogens (tertiary/aromatic N) is 2. The van der Waals surface area contributed by atoms with Crippen molar-refractivity contribution in [3.63, 3.8) is 0 Å². The first-order valence-corrected chi connectivity index (χ1v) is 9.05. The number of thiazole rings is 1. The molecule has 7 nitrogen and oxygen atoms in total. The number of aromatic nitrogens is 1. The zero-order chi connectivity index (χ0) is 19.3. The van der Waals surface area contributed by atoms with Crippen LogP contribution in [0.3, 0.4) is 0 Å². The van der Waals surface area contributed by atoms with Crippen LogP contribution in [0.2, 0.25) is 5.02 Å². The van der Waals surface area contributed by atoms with E-state index >= 15 is 0 Å². The van der Waals surface area contributed by atoms with Crippen LogP contribution in [0.15, 0.2) is 29.6 Å². The molecule has 1 aromatic carbocycles. The van der Waals surface area contributed by atoms with Gasteiger partial charge >= 0.3 is 5.97 Å².